The van der Waals surface area contributed by atoms with Gasteiger partial charge in [0.1, 0.15) is 34.9 Å². The Bertz CT molecular complexity index is 1010. The molecule has 4 unspecified atom stereocenters. The number of nitriles is 1. The lowest BCUT2D eigenvalue weighted by molar-refractivity contribution is 0.115. The minimum absolute atomic E-state index is 0.0912. The summed E-state index contributed by atoms with van der Waals surface area (Å²) in [7, 11) is 0. The van der Waals surface area contributed by atoms with Gasteiger partial charge in [0, 0.05) is 0 Å². The van der Waals surface area contributed by atoms with E-state index in [-0.39, 0.29) is 11.5 Å². The second-order valence-corrected chi connectivity index (χ2v) is 9.36. The molecule has 168 valence electrons. The zero-order valence-corrected chi connectivity index (χ0v) is 18.0. The second-order valence-electron chi connectivity index (χ2n) is 9.36. The highest BCUT2D eigenvalue weighted by atomic mass is 19.1. The van der Waals surface area contributed by atoms with Crippen LogP contribution < -0.4 is 0 Å². The number of fused-ring (bicyclic) bond motifs is 1. The summed E-state index contributed by atoms with van der Waals surface area (Å²) < 4.78 is 57.8. The van der Waals surface area contributed by atoms with Gasteiger partial charge in [-0.05, 0) is 104 Å². The van der Waals surface area contributed by atoms with E-state index in [4.69, 9.17) is 5.26 Å². The maximum Gasteiger partial charge on any atom is 0.144 e. The van der Waals surface area contributed by atoms with E-state index in [0.29, 0.717) is 17.4 Å². The number of benzene rings is 2. The largest absolute Gasteiger partial charge is 0.206 e. The van der Waals surface area contributed by atoms with Gasteiger partial charge in [-0.15, -0.1) is 6.58 Å². The van der Waals surface area contributed by atoms with Crippen molar-refractivity contribution in [3.05, 3.63) is 71.3 Å². The molecule has 2 aromatic rings. The third-order valence-corrected chi connectivity index (χ3v) is 7.48. The molecule has 5 heteroatoms. The Balaban J connectivity index is 1.52. The van der Waals surface area contributed by atoms with Crippen LogP contribution in [0.5, 0.6) is 0 Å². The van der Waals surface area contributed by atoms with Crippen molar-refractivity contribution in [2.24, 2.45) is 17.8 Å². The number of halogens is 4. The number of nitrogens with zero attached hydrogens (tertiary/aromatic N) is 1. The SMILES string of the molecule is C=CCCC1CCC2CC(c3cc(F)c(-c4cc(F)c(C#N)c(F)c4)c(F)c3)CCC2C1. The van der Waals surface area contributed by atoms with Crippen LogP contribution in [0.4, 0.5) is 17.6 Å². The summed E-state index contributed by atoms with van der Waals surface area (Å²) in [4.78, 5) is 0. The molecule has 0 heterocycles. The normalized spacial score (nSPS) is 25.1. The Morgan fingerprint density at radius 1 is 0.875 bits per heavy atom. The third-order valence-electron chi connectivity index (χ3n) is 7.48. The number of rotatable bonds is 5. The number of allylic oxidation sites excluding steroid dienone is 1. The van der Waals surface area contributed by atoms with Gasteiger partial charge >= 0.3 is 0 Å². The molecule has 2 aliphatic carbocycles. The average Bonchev–Trinajstić information content (AvgIpc) is 2.76. The van der Waals surface area contributed by atoms with E-state index in [1.165, 1.54) is 37.5 Å². The van der Waals surface area contributed by atoms with Crippen LogP contribution in [-0.2, 0) is 0 Å². The van der Waals surface area contributed by atoms with E-state index >= 15 is 0 Å². The fourth-order valence-corrected chi connectivity index (χ4v) is 5.83. The van der Waals surface area contributed by atoms with Crippen molar-refractivity contribution in [2.45, 2.75) is 57.3 Å². The first-order chi connectivity index (χ1) is 15.4. The lowest BCUT2D eigenvalue weighted by atomic mass is 9.63. The van der Waals surface area contributed by atoms with Crippen LogP contribution in [0.2, 0.25) is 0 Å². The van der Waals surface area contributed by atoms with Crippen molar-refractivity contribution in [2.75, 3.05) is 0 Å². The van der Waals surface area contributed by atoms with Gasteiger partial charge in [0.2, 0.25) is 0 Å². The summed E-state index contributed by atoms with van der Waals surface area (Å²) in [5.74, 6) is -1.81. The van der Waals surface area contributed by atoms with Gasteiger partial charge in [-0.3, -0.25) is 0 Å². The van der Waals surface area contributed by atoms with E-state index in [0.717, 1.165) is 50.2 Å². The van der Waals surface area contributed by atoms with Crippen LogP contribution >= 0.6 is 0 Å². The van der Waals surface area contributed by atoms with Gasteiger partial charge in [-0.25, -0.2) is 17.6 Å². The molecule has 1 nitrogen and oxygen atoms in total. The maximum absolute atomic E-state index is 14.9. The zero-order valence-electron chi connectivity index (χ0n) is 18.0. The minimum Gasteiger partial charge on any atom is -0.206 e. The standard InChI is InChI=1S/C27H27F4N/c1-2-3-4-16-5-6-18-10-19(8-7-17(18)9-16)20-11-25(30)27(26(31)12-20)21-13-23(28)22(15-32)24(29)14-21/h2,11-14,16-19H,1,3-10H2. The van der Waals surface area contributed by atoms with Crippen molar-refractivity contribution in [1.82, 2.24) is 0 Å². The van der Waals surface area contributed by atoms with Gasteiger partial charge in [0.05, 0.1) is 5.56 Å². The third kappa shape index (κ3) is 4.46. The molecular formula is C27H27F4N. The van der Waals surface area contributed by atoms with E-state index in [1.807, 2.05) is 6.08 Å². The first-order valence-electron chi connectivity index (χ1n) is 11.4. The van der Waals surface area contributed by atoms with Crippen molar-refractivity contribution < 1.29 is 17.6 Å². The van der Waals surface area contributed by atoms with Gasteiger partial charge in [0.25, 0.3) is 0 Å². The Morgan fingerprint density at radius 3 is 2.12 bits per heavy atom. The van der Waals surface area contributed by atoms with E-state index in [2.05, 4.69) is 6.58 Å². The summed E-state index contributed by atoms with van der Waals surface area (Å²) >= 11 is 0. The first kappa shape index (κ1) is 22.6. The van der Waals surface area contributed by atoms with Crippen LogP contribution in [0.1, 0.15) is 68.4 Å². The molecular weight excluding hydrogens is 414 g/mol. The molecule has 2 saturated carbocycles. The highest BCUT2D eigenvalue weighted by molar-refractivity contribution is 5.66. The first-order valence-corrected chi connectivity index (χ1v) is 11.4. The second kappa shape index (κ2) is 9.48. The van der Waals surface area contributed by atoms with Gasteiger partial charge in [0.15, 0.2) is 0 Å². The quantitative estimate of drug-likeness (QED) is 0.340. The van der Waals surface area contributed by atoms with Crippen molar-refractivity contribution in [1.29, 1.82) is 5.26 Å². The molecule has 0 N–H and O–H groups in total. The van der Waals surface area contributed by atoms with E-state index in [9.17, 15) is 17.6 Å². The lowest BCUT2D eigenvalue weighted by Gasteiger charge is -2.42. The Kier molecular flexibility index (Phi) is 6.69. The Morgan fingerprint density at radius 2 is 1.50 bits per heavy atom. The smallest absolute Gasteiger partial charge is 0.144 e. The van der Waals surface area contributed by atoms with Crippen molar-refractivity contribution in [3.63, 3.8) is 0 Å². The molecule has 2 fully saturated rings. The summed E-state index contributed by atoms with van der Waals surface area (Å²) in [5, 5.41) is 8.80. The molecule has 4 rings (SSSR count). The molecule has 4 atom stereocenters. The summed E-state index contributed by atoms with van der Waals surface area (Å²) in [5.41, 5.74) is -0.859. The maximum atomic E-state index is 14.9. The monoisotopic (exact) mass is 441 g/mol. The van der Waals surface area contributed by atoms with Crippen molar-refractivity contribution in [3.8, 4) is 17.2 Å². The summed E-state index contributed by atoms with van der Waals surface area (Å²) in [6.45, 7) is 3.81. The predicted molar refractivity (Wildman–Crippen MR) is 117 cm³/mol. The van der Waals surface area contributed by atoms with Gasteiger partial charge in [-0.2, -0.15) is 5.26 Å². The Labute approximate surface area is 186 Å². The molecule has 0 aromatic heterocycles. The molecule has 2 aliphatic rings. The lowest BCUT2D eigenvalue weighted by Crippen LogP contribution is -2.30. The zero-order chi connectivity index (χ0) is 22.8. The Hall–Kier alpha value is -2.61. The van der Waals surface area contributed by atoms with E-state index < -0.39 is 34.4 Å². The number of hydrogen-bond acceptors (Lipinski definition) is 1. The van der Waals surface area contributed by atoms with Gasteiger partial charge in [-0.1, -0.05) is 12.5 Å². The van der Waals surface area contributed by atoms with Gasteiger partial charge < -0.3 is 0 Å². The van der Waals surface area contributed by atoms with Crippen molar-refractivity contribution >= 4 is 0 Å². The van der Waals surface area contributed by atoms with Crippen LogP contribution in [-0.4, -0.2) is 0 Å². The van der Waals surface area contributed by atoms with Crippen LogP contribution in [0.25, 0.3) is 11.1 Å². The molecule has 0 radical (unpaired) electrons. The highest BCUT2D eigenvalue weighted by Crippen LogP contribution is 2.48. The topological polar surface area (TPSA) is 23.8 Å². The van der Waals surface area contributed by atoms with Crippen LogP contribution in [0, 0.1) is 52.4 Å². The molecule has 0 aliphatic heterocycles. The summed E-state index contributed by atoms with van der Waals surface area (Å²) in [6.07, 6.45) is 10.7. The fourth-order valence-electron chi connectivity index (χ4n) is 5.83. The average molecular weight is 442 g/mol. The highest BCUT2D eigenvalue weighted by Gasteiger charge is 2.36. The molecule has 2 aromatic carbocycles. The summed E-state index contributed by atoms with van der Waals surface area (Å²) in [6, 6.07) is 5.65. The van der Waals surface area contributed by atoms with Crippen LogP contribution in [0.3, 0.4) is 0 Å². The molecule has 0 amide bonds. The van der Waals surface area contributed by atoms with Crippen LogP contribution in [0.15, 0.2) is 36.9 Å². The minimum atomic E-state index is -1.13. The molecule has 0 bridgehead atoms. The van der Waals surface area contributed by atoms with E-state index in [1.54, 1.807) is 0 Å². The molecule has 0 saturated heterocycles. The molecule has 32 heavy (non-hydrogen) atoms. The number of hydrogen-bond donors (Lipinski definition) is 0. The molecule has 0 spiro atoms. The fraction of sp³-hybridized carbons (Fsp3) is 0.444. The predicted octanol–water partition coefficient (Wildman–Crippen LogP) is 8.05.